The van der Waals surface area contributed by atoms with Gasteiger partial charge < -0.3 is 10.5 Å². The van der Waals surface area contributed by atoms with Crippen LogP contribution < -0.4 is 10.5 Å². The highest BCUT2D eigenvalue weighted by atomic mass is 16.5. The zero-order chi connectivity index (χ0) is 13.3. The molecule has 1 aromatic carbocycles. The molecule has 2 rings (SSSR count). The predicted molar refractivity (Wildman–Crippen MR) is 73.4 cm³/mol. The molecule has 0 spiro atoms. The Hall–Kier alpha value is -1.97. The van der Waals surface area contributed by atoms with Gasteiger partial charge in [0, 0.05) is 23.5 Å². The van der Waals surface area contributed by atoms with Gasteiger partial charge in [0.1, 0.15) is 5.75 Å². The molecule has 4 nitrogen and oxygen atoms in total. The van der Waals surface area contributed by atoms with Crippen LogP contribution in [0, 0.1) is 20.8 Å². The molecule has 0 saturated heterocycles. The van der Waals surface area contributed by atoms with Crippen molar-refractivity contribution in [2.75, 3.05) is 12.3 Å². The van der Waals surface area contributed by atoms with Crippen LogP contribution in [0.3, 0.4) is 0 Å². The van der Waals surface area contributed by atoms with E-state index in [0.29, 0.717) is 12.3 Å². The first-order valence-corrected chi connectivity index (χ1v) is 6.09. The third-order valence-corrected chi connectivity index (χ3v) is 3.12. The summed E-state index contributed by atoms with van der Waals surface area (Å²) in [7, 11) is 0. The van der Waals surface area contributed by atoms with Crippen molar-refractivity contribution in [1.82, 2.24) is 9.78 Å². The van der Waals surface area contributed by atoms with Crippen LogP contribution in [0.5, 0.6) is 5.75 Å². The Labute approximate surface area is 107 Å². The fraction of sp³-hybridized carbons (Fsp3) is 0.357. The molecule has 1 heterocycles. The molecule has 0 amide bonds. The summed E-state index contributed by atoms with van der Waals surface area (Å²) in [5.41, 5.74) is 10.9. The number of rotatable bonds is 3. The Morgan fingerprint density at radius 2 is 1.94 bits per heavy atom. The second-order valence-electron chi connectivity index (χ2n) is 4.40. The third-order valence-electron chi connectivity index (χ3n) is 3.12. The molecule has 4 heteroatoms. The molecule has 0 atom stereocenters. The number of nitrogens with two attached hydrogens (primary N) is 1. The smallest absolute Gasteiger partial charge is 0.123 e. The van der Waals surface area contributed by atoms with Gasteiger partial charge in [-0.15, -0.1) is 0 Å². The predicted octanol–water partition coefficient (Wildman–Crippen LogP) is 2.78. The molecular formula is C14H19N3O. The molecule has 1 aromatic heterocycles. The largest absolute Gasteiger partial charge is 0.494 e. The van der Waals surface area contributed by atoms with Crippen molar-refractivity contribution < 1.29 is 4.74 Å². The van der Waals surface area contributed by atoms with Crippen molar-refractivity contribution in [2.24, 2.45) is 0 Å². The first kappa shape index (κ1) is 12.5. The van der Waals surface area contributed by atoms with E-state index in [-0.39, 0.29) is 0 Å². The normalized spacial score (nSPS) is 10.7. The molecule has 2 N–H and O–H groups in total. The fourth-order valence-corrected chi connectivity index (χ4v) is 1.95. The van der Waals surface area contributed by atoms with Crippen LogP contribution in [0.2, 0.25) is 0 Å². The lowest BCUT2D eigenvalue weighted by molar-refractivity contribution is 0.340. The summed E-state index contributed by atoms with van der Waals surface area (Å²) in [5, 5.41) is 4.53. The lowest BCUT2D eigenvalue weighted by Crippen LogP contribution is -2.02. The Morgan fingerprint density at radius 1 is 1.22 bits per heavy atom. The van der Waals surface area contributed by atoms with Gasteiger partial charge >= 0.3 is 0 Å². The molecule has 0 aliphatic carbocycles. The minimum absolute atomic E-state index is 0.624. The van der Waals surface area contributed by atoms with E-state index in [0.717, 1.165) is 22.8 Å². The number of aryl methyl sites for hydroxylation is 1. The number of nitrogens with zero attached hydrogens (tertiary/aromatic N) is 2. The van der Waals surface area contributed by atoms with E-state index in [2.05, 4.69) is 18.9 Å². The molecule has 18 heavy (non-hydrogen) atoms. The van der Waals surface area contributed by atoms with Gasteiger partial charge in [-0.1, -0.05) is 0 Å². The van der Waals surface area contributed by atoms with E-state index in [4.69, 9.17) is 10.5 Å². The summed E-state index contributed by atoms with van der Waals surface area (Å²) in [4.78, 5) is 0. The minimum atomic E-state index is 0.624. The van der Waals surface area contributed by atoms with Crippen molar-refractivity contribution in [1.29, 1.82) is 0 Å². The van der Waals surface area contributed by atoms with Crippen LogP contribution in [-0.4, -0.2) is 16.4 Å². The Balaban J connectivity index is 2.52. The van der Waals surface area contributed by atoms with Gasteiger partial charge in [-0.05, 0) is 39.3 Å². The lowest BCUT2D eigenvalue weighted by atomic mass is 10.2. The average Bonchev–Trinajstić information content (AvgIpc) is 2.57. The van der Waals surface area contributed by atoms with E-state index >= 15 is 0 Å². The molecule has 2 aromatic rings. The number of hydrogen-bond acceptors (Lipinski definition) is 3. The molecule has 0 radical (unpaired) electrons. The minimum Gasteiger partial charge on any atom is -0.494 e. The number of benzene rings is 1. The topological polar surface area (TPSA) is 53.1 Å². The molecule has 0 saturated carbocycles. The van der Waals surface area contributed by atoms with Gasteiger partial charge in [0.25, 0.3) is 0 Å². The monoisotopic (exact) mass is 245 g/mol. The summed E-state index contributed by atoms with van der Waals surface area (Å²) >= 11 is 0. The zero-order valence-electron chi connectivity index (χ0n) is 11.3. The van der Waals surface area contributed by atoms with Gasteiger partial charge in [-0.2, -0.15) is 5.10 Å². The molecule has 0 bridgehead atoms. The van der Waals surface area contributed by atoms with Crippen LogP contribution >= 0.6 is 0 Å². The highest BCUT2D eigenvalue weighted by molar-refractivity contribution is 5.54. The maximum Gasteiger partial charge on any atom is 0.123 e. The van der Waals surface area contributed by atoms with Gasteiger partial charge in [-0.3, -0.25) is 0 Å². The van der Waals surface area contributed by atoms with E-state index in [1.54, 1.807) is 0 Å². The second-order valence-corrected chi connectivity index (χ2v) is 4.40. The SMILES string of the molecule is CCOc1cc(N)cc(-n2nc(C)c(C)c2C)c1. The van der Waals surface area contributed by atoms with Crippen LogP contribution in [0.4, 0.5) is 5.69 Å². The molecule has 96 valence electrons. The van der Waals surface area contributed by atoms with Crippen molar-refractivity contribution in [3.05, 3.63) is 35.2 Å². The van der Waals surface area contributed by atoms with E-state index in [1.807, 2.05) is 36.7 Å². The maximum absolute atomic E-state index is 5.90. The summed E-state index contributed by atoms with van der Waals surface area (Å²) in [5.74, 6) is 0.776. The van der Waals surface area contributed by atoms with Crippen molar-refractivity contribution in [2.45, 2.75) is 27.7 Å². The third kappa shape index (κ3) is 2.18. The summed E-state index contributed by atoms with van der Waals surface area (Å²) in [6.07, 6.45) is 0. The van der Waals surface area contributed by atoms with E-state index in [9.17, 15) is 0 Å². The Morgan fingerprint density at radius 3 is 2.50 bits per heavy atom. The first-order valence-electron chi connectivity index (χ1n) is 6.09. The Bertz CT molecular complexity index is 573. The molecule has 0 unspecified atom stereocenters. The van der Waals surface area contributed by atoms with E-state index < -0.39 is 0 Å². The fourth-order valence-electron chi connectivity index (χ4n) is 1.95. The van der Waals surface area contributed by atoms with Crippen molar-refractivity contribution in [3.63, 3.8) is 0 Å². The summed E-state index contributed by atoms with van der Waals surface area (Å²) in [6, 6.07) is 5.69. The quantitative estimate of drug-likeness (QED) is 0.846. The number of hydrogen-bond donors (Lipinski definition) is 1. The highest BCUT2D eigenvalue weighted by Gasteiger charge is 2.10. The highest BCUT2D eigenvalue weighted by Crippen LogP contribution is 2.24. The van der Waals surface area contributed by atoms with E-state index in [1.165, 1.54) is 5.56 Å². The van der Waals surface area contributed by atoms with Crippen LogP contribution in [-0.2, 0) is 0 Å². The first-order chi connectivity index (χ1) is 8.52. The Kier molecular flexibility index (Phi) is 3.28. The standard InChI is InChI=1S/C14H19N3O/c1-5-18-14-7-12(15)6-13(8-14)17-11(4)9(2)10(3)16-17/h6-8H,5,15H2,1-4H3. The van der Waals surface area contributed by atoms with Gasteiger partial charge in [-0.25, -0.2) is 4.68 Å². The number of ether oxygens (including phenoxy) is 1. The number of anilines is 1. The van der Waals surface area contributed by atoms with Gasteiger partial charge in [0.2, 0.25) is 0 Å². The number of nitrogen functional groups attached to an aromatic ring is 1. The second kappa shape index (κ2) is 4.72. The van der Waals surface area contributed by atoms with Crippen LogP contribution in [0.1, 0.15) is 23.9 Å². The zero-order valence-corrected chi connectivity index (χ0v) is 11.3. The van der Waals surface area contributed by atoms with Crippen molar-refractivity contribution >= 4 is 5.69 Å². The molecule has 0 aliphatic heterocycles. The van der Waals surface area contributed by atoms with Crippen molar-refractivity contribution in [3.8, 4) is 11.4 Å². The lowest BCUT2D eigenvalue weighted by Gasteiger charge is -2.09. The van der Waals surface area contributed by atoms with Gasteiger partial charge in [0.05, 0.1) is 18.0 Å². The molecule has 0 aliphatic rings. The molecule has 0 fully saturated rings. The van der Waals surface area contributed by atoms with Crippen LogP contribution in [0.15, 0.2) is 18.2 Å². The van der Waals surface area contributed by atoms with Crippen LogP contribution in [0.25, 0.3) is 5.69 Å². The summed E-state index contributed by atoms with van der Waals surface area (Å²) < 4.78 is 7.41. The maximum atomic E-state index is 5.90. The molecular weight excluding hydrogens is 226 g/mol. The number of aromatic nitrogens is 2. The average molecular weight is 245 g/mol. The summed E-state index contributed by atoms with van der Waals surface area (Å²) in [6.45, 7) is 8.72. The van der Waals surface area contributed by atoms with Gasteiger partial charge in [0.15, 0.2) is 0 Å².